The van der Waals surface area contributed by atoms with Crippen molar-refractivity contribution >= 4 is 6.29 Å². The van der Waals surface area contributed by atoms with E-state index in [1.807, 2.05) is 18.4 Å². The molecule has 0 amide bonds. The quantitative estimate of drug-likeness (QED) is 0.664. The smallest absolute Gasteiger partial charge is 0.233 e. The van der Waals surface area contributed by atoms with Crippen LogP contribution in [-0.2, 0) is 17.6 Å². The summed E-state index contributed by atoms with van der Waals surface area (Å²) >= 11 is 0. The number of benzene rings is 1. The molecule has 0 heterocycles. The average molecular weight is 161 g/mol. The van der Waals surface area contributed by atoms with E-state index in [9.17, 15) is 4.79 Å². The summed E-state index contributed by atoms with van der Waals surface area (Å²) in [5.41, 5.74) is 3.13. The van der Waals surface area contributed by atoms with Crippen molar-refractivity contribution in [1.82, 2.24) is 0 Å². The maximum Gasteiger partial charge on any atom is 0.233 e. The van der Waals surface area contributed by atoms with Crippen LogP contribution < -0.4 is 0 Å². The van der Waals surface area contributed by atoms with Crippen molar-refractivity contribution in [3.63, 3.8) is 0 Å². The van der Waals surface area contributed by atoms with Gasteiger partial charge in [-0.2, -0.15) is 0 Å². The first kappa shape index (κ1) is 8.98. The predicted molar refractivity (Wildman–Crippen MR) is 50.0 cm³/mol. The number of rotatable bonds is 3. The average Bonchev–Trinajstić information content (AvgIpc) is 2.16. The monoisotopic (exact) mass is 161 g/mol. The van der Waals surface area contributed by atoms with Crippen molar-refractivity contribution in [2.75, 3.05) is 0 Å². The summed E-state index contributed by atoms with van der Waals surface area (Å²) < 4.78 is 0. The lowest BCUT2D eigenvalue weighted by molar-refractivity contribution is 0.562. The SMILES string of the molecule is CCc1cccc([C]=O)c1CC. The van der Waals surface area contributed by atoms with Crippen LogP contribution >= 0.6 is 0 Å². The normalized spacial score (nSPS) is 9.83. The highest BCUT2D eigenvalue weighted by Gasteiger charge is 2.03. The van der Waals surface area contributed by atoms with E-state index in [0.717, 1.165) is 24.0 Å². The van der Waals surface area contributed by atoms with E-state index in [-0.39, 0.29) is 0 Å². The Morgan fingerprint density at radius 2 is 2.00 bits per heavy atom. The van der Waals surface area contributed by atoms with E-state index in [2.05, 4.69) is 19.9 Å². The lowest BCUT2D eigenvalue weighted by atomic mass is 9.98. The minimum atomic E-state index is 0.719. The van der Waals surface area contributed by atoms with E-state index in [1.165, 1.54) is 5.56 Å². The van der Waals surface area contributed by atoms with Crippen molar-refractivity contribution in [3.8, 4) is 0 Å². The molecule has 1 nitrogen and oxygen atoms in total. The topological polar surface area (TPSA) is 17.1 Å². The molecule has 1 rings (SSSR count). The first-order valence-electron chi connectivity index (χ1n) is 4.32. The van der Waals surface area contributed by atoms with Crippen molar-refractivity contribution in [1.29, 1.82) is 0 Å². The van der Waals surface area contributed by atoms with Crippen LogP contribution in [0, 0.1) is 0 Å². The summed E-state index contributed by atoms with van der Waals surface area (Å²) in [5.74, 6) is 0. The molecule has 0 spiro atoms. The highest BCUT2D eigenvalue weighted by atomic mass is 16.1. The third kappa shape index (κ3) is 1.55. The van der Waals surface area contributed by atoms with Crippen LogP contribution in [0.3, 0.4) is 0 Å². The molecule has 0 aromatic heterocycles. The van der Waals surface area contributed by atoms with Crippen LogP contribution in [0.25, 0.3) is 0 Å². The van der Waals surface area contributed by atoms with Crippen LogP contribution in [-0.4, -0.2) is 6.29 Å². The second-order valence-electron chi connectivity index (χ2n) is 2.75. The van der Waals surface area contributed by atoms with E-state index >= 15 is 0 Å². The van der Waals surface area contributed by atoms with Crippen LogP contribution in [0.15, 0.2) is 18.2 Å². The van der Waals surface area contributed by atoms with Gasteiger partial charge in [0.15, 0.2) is 0 Å². The molecule has 0 bridgehead atoms. The molecule has 12 heavy (non-hydrogen) atoms. The van der Waals surface area contributed by atoms with E-state index in [4.69, 9.17) is 0 Å². The molecule has 1 radical (unpaired) electrons. The highest BCUT2D eigenvalue weighted by Crippen LogP contribution is 2.14. The second kappa shape index (κ2) is 4.05. The fraction of sp³-hybridized carbons (Fsp3) is 0.364. The van der Waals surface area contributed by atoms with Gasteiger partial charge in [0.05, 0.1) is 0 Å². The lowest BCUT2D eigenvalue weighted by Gasteiger charge is -2.06. The van der Waals surface area contributed by atoms with Crippen molar-refractivity contribution < 1.29 is 4.79 Å². The van der Waals surface area contributed by atoms with E-state index < -0.39 is 0 Å². The maximum atomic E-state index is 10.5. The van der Waals surface area contributed by atoms with E-state index in [0.29, 0.717) is 0 Å². The summed E-state index contributed by atoms with van der Waals surface area (Å²) in [6.45, 7) is 4.17. The second-order valence-corrected chi connectivity index (χ2v) is 2.75. The standard InChI is InChI=1S/C11H13O/c1-3-9-6-5-7-10(8-12)11(9)4-2/h5-7H,3-4H2,1-2H3. The molecule has 0 saturated carbocycles. The van der Waals surface area contributed by atoms with E-state index in [1.54, 1.807) is 0 Å². The molecule has 1 aromatic rings. The Labute approximate surface area is 73.4 Å². The number of aryl methyl sites for hydroxylation is 1. The van der Waals surface area contributed by atoms with Gasteiger partial charge < -0.3 is 0 Å². The molecule has 0 aliphatic rings. The third-order valence-electron chi connectivity index (χ3n) is 2.12. The molecule has 63 valence electrons. The molecule has 0 N–H and O–H groups in total. The van der Waals surface area contributed by atoms with Crippen molar-refractivity contribution in [2.45, 2.75) is 26.7 Å². The minimum absolute atomic E-state index is 0.719. The van der Waals surface area contributed by atoms with Gasteiger partial charge in [0.1, 0.15) is 0 Å². The number of hydrogen-bond donors (Lipinski definition) is 0. The van der Waals surface area contributed by atoms with Crippen LogP contribution in [0.5, 0.6) is 0 Å². The van der Waals surface area contributed by atoms with Gasteiger partial charge in [0.2, 0.25) is 6.29 Å². The first-order valence-corrected chi connectivity index (χ1v) is 4.32. The van der Waals surface area contributed by atoms with Gasteiger partial charge in [-0.1, -0.05) is 32.0 Å². The van der Waals surface area contributed by atoms with Crippen LogP contribution in [0.4, 0.5) is 0 Å². The zero-order valence-corrected chi connectivity index (χ0v) is 7.55. The minimum Gasteiger partial charge on any atom is -0.285 e. The lowest BCUT2D eigenvalue weighted by Crippen LogP contribution is -1.96. The predicted octanol–water partition coefficient (Wildman–Crippen LogP) is 2.27. The summed E-state index contributed by atoms with van der Waals surface area (Å²) in [4.78, 5) is 10.5. The first-order chi connectivity index (χ1) is 5.83. The zero-order chi connectivity index (χ0) is 8.97. The van der Waals surface area contributed by atoms with Crippen LogP contribution in [0.2, 0.25) is 0 Å². The molecule has 0 fully saturated rings. The molecular formula is C11H13O. The Bertz CT molecular complexity index is 276. The van der Waals surface area contributed by atoms with Gasteiger partial charge in [-0.3, -0.25) is 4.79 Å². The largest absolute Gasteiger partial charge is 0.285 e. The fourth-order valence-corrected chi connectivity index (χ4v) is 1.48. The molecule has 1 heteroatoms. The fourth-order valence-electron chi connectivity index (χ4n) is 1.48. The Hall–Kier alpha value is -1.11. The van der Waals surface area contributed by atoms with Gasteiger partial charge in [0.25, 0.3) is 0 Å². The Morgan fingerprint density at radius 3 is 2.50 bits per heavy atom. The highest BCUT2D eigenvalue weighted by molar-refractivity contribution is 5.78. The molecule has 0 saturated heterocycles. The summed E-state index contributed by atoms with van der Waals surface area (Å²) in [7, 11) is 0. The van der Waals surface area contributed by atoms with Gasteiger partial charge >= 0.3 is 0 Å². The maximum absolute atomic E-state index is 10.5. The Balaban J connectivity index is 3.21. The van der Waals surface area contributed by atoms with Gasteiger partial charge in [0, 0.05) is 5.56 Å². The summed E-state index contributed by atoms with van der Waals surface area (Å²) in [6.07, 6.45) is 3.87. The van der Waals surface area contributed by atoms with Gasteiger partial charge in [-0.25, -0.2) is 0 Å². The molecule has 0 atom stereocenters. The number of hydrogen-bond acceptors (Lipinski definition) is 1. The number of carbonyl (C=O) groups excluding carboxylic acids is 1. The molecular weight excluding hydrogens is 148 g/mol. The summed E-state index contributed by atoms with van der Waals surface area (Å²) in [5, 5.41) is 0. The summed E-state index contributed by atoms with van der Waals surface area (Å²) in [6, 6.07) is 5.81. The van der Waals surface area contributed by atoms with Gasteiger partial charge in [-0.15, -0.1) is 0 Å². The zero-order valence-electron chi connectivity index (χ0n) is 7.55. The Morgan fingerprint density at radius 1 is 1.25 bits per heavy atom. The third-order valence-corrected chi connectivity index (χ3v) is 2.12. The molecule has 0 unspecified atom stereocenters. The molecule has 0 aliphatic heterocycles. The molecule has 0 aliphatic carbocycles. The van der Waals surface area contributed by atoms with Crippen LogP contribution in [0.1, 0.15) is 30.5 Å². The van der Waals surface area contributed by atoms with Crippen molar-refractivity contribution in [3.05, 3.63) is 34.9 Å². The Kier molecular flexibility index (Phi) is 3.03. The van der Waals surface area contributed by atoms with Gasteiger partial charge in [-0.05, 0) is 24.0 Å². The van der Waals surface area contributed by atoms with Crippen molar-refractivity contribution in [2.24, 2.45) is 0 Å². The molecule has 1 aromatic carbocycles.